The Balaban J connectivity index is 2.54. The highest BCUT2D eigenvalue weighted by Crippen LogP contribution is 1.99. The molecule has 0 atom stereocenters. The van der Waals surface area contributed by atoms with Crippen molar-refractivity contribution < 1.29 is 14.7 Å². The maximum Gasteiger partial charge on any atom is 0.354 e. The normalized spacial score (nSPS) is 9.93. The van der Waals surface area contributed by atoms with Crippen molar-refractivity contribution >= 4 is 11.9 Å². The number of aryl methyl sites for hydroxylation is 1. The third-order valence-corrected chi connectivity index (χ3v) is 1.86. The summed E-state index contributed by atoms with van der Waals surface area (Å²) in [6.07, 6.45) is 1.64. The van der Waals surface area contributed by atoms with Crippen LogP contribution < -0.4 is 5.32 Å². The van der Waals surface area contributed by atoms with Gasteiger partial charge in [0.2, 0.25) is 5.91 Å². The van der Waals surface area contributed by atoms with Crippen molar-refractivity contribution in [1.82, 2.24) is 15.1 Å². The number of carboxylic acid groups (broad SMARTS) is 1. The van der Waals surface area contributed by atoms with E-state index in [0.717, 1.165) is 0 Å². The number of amides is 1. The zero-order chi connectivity index (χ0) is 11.3. The molecule has 15 heavy (non-hydrogen) atoms. The van der Waals surface area contributed by atoms with Crippen LogP contribution in [-0.4, -0.2) is 33.3 Å². The predicted octanol–water partition coefficient (Wildman–Crippen LogP) is 0.107. The van der Waals surface area contributed by atoms with Gasteiger partial charge in [-0.1, -0.05) is 0 Å². The van der Waals surface area contributed by atoms with Gasteiger partial charge in [0.15, 0.2) is 0 Å². The number of aromatic nitrogens is 2. The SMILES string of the molecule is CCNC(=O)CCn1nccc1C(=O)O. The topological polar surface area (TPSA) is 84.2 Å². The number of rotatable bonds is 5. The van der Waals surface area contributed by atoms with Crippen molar-refractivity contribution in [1.29, 1.82) is 0 Å². The van der Waals surface area contributed by atoms with E-state index in [1.165, 1.54) is 16.9 Å². The van der Waals surface area contributed by atoms with Gasteiger partial charge in [-0.25, -0.2) is 4.79 Å². The van der Waals surface area contributed by atoms with Gasteiger partial charge >= 0.3 is 5.97 Å². The predicted molar refractivity (Wildman–Crippen MR) is 52.5 cm³/mol. The molecular formula is C9H13N3O3. The molecule has 1 heterocycles. The van der Waals surface area contributed by atoms with E-state index in [1.54, 1.807) is 0 Å². The standard InChI is InChI=1S/C9H13N3O3/c1-2-10-8(13)4-6-12-7(9(14)15)3-5-11-12/h3,5H,2,4,6H2,1H3,(H,10,13)(H,14,15). The number of aromatic carboxylic acids is 1. The van der Waals surface area contributed by atoms with E-state index in [9.17, 15) is 9.59 Å². The molecule has 1 rings (SSSR count). The minimum Gasteiger partial charge on any atom is -0.477 e. The molecule has 0 saturated carbocycles. The van der Waals surface area contributed by atoms with Gasteiger partial charge in [-0.2, -0.15) is 5.10 Å². The van der Waals surface area contributed by atoms with Gasteiger partial charge in [-0.3, -0.25) is 9.48 Å². The molecule has 0 aliphatic rings. The van der Waals surface area contributed by atoms with Crippen LogP contribution in [0.1, 0.15) is 23.8 Å². The maximum absolute atomic E-state index is 11.1. The average Bonchev–Trinajstić information content (AvgIpc) is 2.63. The van der Waals surface area contributed by atoms with Crippen molar-refractivity contribution in [2.24, 2.45) is 0 Å². The molecule has 0 aliphatic heterocycles. The second kappa shape index (κ2) is 5.14. The average molecular weight is 211 g/mol. The lowest BCUT2D eigenvalue weighted by Crippen LogP contribution is -2.24. The molecule has 0 fully saturated rings. The first kappa shape index (κ1) is 11.2. The fourth-order valence-electron chi connectivity index (χ4n) is 1.19. The summed E-state index contributed by atoms with van der Waals surface area (Å²) in [7, 11) is 0. The Morgan fingerprint density at radius 2 is 2.33 bits per heavy atom. The first-order valence-corrected chi connectivity index (χ1v) is 4.67. The molecule has 6 nitrogen and oxygen atoms in total. The molecule has 1 aromatic heterocycles. The van der Waals surface area contributed by atoms with Gasteiger partial charge in [-0.05, 0) is 13.0 Å². The highest BCUT2D eigenvalue weighted by atomic mass is 16.4. The Labute approximate surface area is 86.9 Å². The quantitative estimate of drug-likeness (QED) is 0.723. The molecule has 6 heteroatoms. The summed E-state index contributed by atoms with van der Waals surface area (Å²) in [5, 5.41) is 15.2. The van der Waals surface area contributed by atoms with E-state index in [2.05, 4.69) is 10.4 Å². The molecular weight excluding hydrogens is 198 g/mol. The Bertz CT molecular complexity index is 359. The summed E-state index contributed by atoms with van der Waals surface area (Å²) in [5.74, 6) is -1.15. The number of carbonyl (C=O) groups excluding carboxylic acids is 1. The van der Waals surface area contributed by atoms with Crippen molar-refractivity contribution in [3.8, 4) is 0 Å². The van der Waals surface area contributed by atoms with Gasteiger partial charge < -0.3 is 10.4 Å². The highest BCUT2D eigenvalue weighted by Gasteiger charge is 2.10. The third kappa shape index (κ3) is 3.08. The van der Waals surface area contributed by atoms with E-state index in [-0.39, 0.29) is 24.6 Å². The van der Waals surface area contributed by atoms with Crippen LogP contribution >= 0.6 is 0 Å². The number of carbonyl (C=O) groups is 2. The summed E-state index contributed by atoms with van der Waals surface area (Å²) < 4.78 is 1.30. The van der Waals surface area contributed by atoms with Crippen LogP contribution in [0.5, 0.6) is 0 Å². The summed E-state index contributed by atoms with van der Waals surface area (Å²) >= 11 is 0. The Morgan fingerprint density at radius 3 is 2.93 bits per heavy atom. The van der Waals surface area contributed by atoms with E-state index < -0.39 is 5.97 Å². The summed E-state index contributed by atoms with van der Waals surface area (Å²) in [5.41, 5.74) is 0.0966. The molecule has 0 aromatic carbocycles. The summed E-state index contributed by atoms with van der Waals surface area (Å²) in [6.45, 7) is 2.68. The lowest BCUT2D eigenvalue weighted by atomic mass is 10.3. The lowest BCUT2D eigenvalue weighted by Gasteiger charge is -2.04. The Kier molecular flexibility index (Phi) is 3.84. The molecule has 0 spiro atoms. The van der Waals surface area contributed by atoms with Gasteiger partial charge in [0.1, 0.15) is 5.69 Å². The van der Waals surface area contributed by atoms with Crippen LogP contribution in [0.2, 0.25) is 0 Å². The largest absolute Gasteiger partial charge is 0.477 e. The van der Waals surface area contributed by atoms with Gasteiger partial charge in [-0.15, -0.1) is 0 Å². The molecule has 82 valence electrons. The Hall–Kier alpha value is -1.85. The Morgan fingerprint density at radius 1 is 1.60 bits per heavy atom. The van der Waals surface area contributed by atoms with Crippen molar-refractivity contribution in [3.05, 3.63) is 18.0 Å². The molecule has 0 unspecified atom stereocenters. The van der Waals surface area contributed by atoms with Crippen LogP contribution in [0, 0.1) is 0 Å². The fraction of sp³-hybridized carbons (Fsp3) is 0.444. The number of hydrogen-bond donors (Lipinski definition) is 2. The van der Waals surface area contributed by atoms with Crippen molar-refractivity contribution in [3.63, 3.8) is 0 Å². The maximum atomic E-state index is 11.1. The molecule has 0 aliphatic carbocycles. The van der Waals surface area contributed by atoms with Crippen molar-refractivity contribution in [2.75, 3.05) is 6.54 Å². The monoisotopic (exact) mass is 211 g/mol. The van der Waals surface area contributed by atoms with Gasteiger partial charge in [0.25, 0.3) is 0 Å². The van der Waals surface area contributed by atoms with E-state index >= 15 is 0 Å². The molecule has 1 aromatic rings. The second-order valence-corrected chi connectivity index (χ2v) is 2.95. The highest BCUT2D eigenvalue weighted by molar-refractivity contribution is 5.85. The van der Waals surface area contributed by atoms with Crippen LogP contribution in [0.15, 0.2) is 12.3 Å². The minimum absolute atomic E-state index is 0.0966. The molecule has 1 amide bonds. The van der Waals surface area contributed by atoms with Crippen molar-refractivity contribution in [2.45, 2.75) is 19.9 Å². The molecule has 0 radical (unpaired) electrons. The first-order valence-electron chi connectivity index (χ1n) is 4.67. The summed E-state index contributed by atoms with van der Waals surface area (Å²) in [6, 6.07) is 1.40. The first-order chi connectivity index (χ1) is 7.15. The van der Waals surface area contributed by atoms with Crippen LogP contribution in [0.4, 0.5) is 0 Å². The number of carboxylic acids is 1. The van der Waals surface area contributed by atoms with E-state index in [0.29, 0.717) is 6.54 Å². The zero-order valence-corrected chi connectivity index (χ0v) is 8.43. The number of nitrogens with zero attached hydrogens (tertiary/aromatic N) is 2. The number of hydrogen-bond acceptors (Lipinski definition) is 3. The molecule has 0 saturated heterocycles. The summed E-state index contributed by atoms with van der Waals surface area (Å²) in [4.78, 5) is 21.8. The smallest absolute Gasteiger partial charge is 0.354 e. The van der Waals surface area contributed by atoms with Crippen LogP contribution in [-0.2, 0) is 11.3 Å². The van der Waals surface area contributed by atoms with E-state index in [1.807, 2.05) is 6.92 Å². The van der Waals surface area contributed by atoms with Crippen LogP contribution in [0.25, 0.3) is 0 Å². The number of nitrogens with one attached hydrogen (secondary N) is 1. The van der Waals surface area contributed by atoms with Crippen LogP contribution in [0.3, 0.4) is 0 Å². The third-order valence-electron chi connectivity index (χ3n) is 1.86. The molecule has 0 bridgehead atoms. The minimum atomic E-state index is -1.04. The van der Waals surface area contributed by atoms with Gasteiger partial charge in [0, 0.05) is 19.2 Å². The van der Waals surface area contributed by atoms with E-state index in [4.69, 9.17) is 5.11 Å². The van der Waals surface area contributed by atoms with Gasteiger partial charge in [0.05, 0.1) is 6.54 Å². The fourth-order valence-corrected chi connectivity index (χ4v) is 1.19. The lowest BCUT2D eigenvalue weighted by molar-refractivity contribution is -0.121. The molecule has 2 N–H and O–H groups in total. The zero-order valence-electron chi connectivity index (χ0n) is 8.43. The second-order valence-electron chi connectivity index (χ2n) is 2.95.